The number of rotatable bonds is 5. The van der Waals surface area contributed by atoms with Gasteiger partial charge in [0.25, 0.3) is 0 Å². The number of hydrogen-bond acceptors (Lipinski definition) is 3. The largest absolute Gasteiger partial charge is 0.385 e. The summed E-state index contributed by atoms with van der Waals surface area (Å²) < 4.78 is 25.1. The molecule has 78 valence electrons. The van der Waals surface area contributed by atoms with Crippen molar-refractivity contribution in [3.8, 4) is 0 Å². The van der Waals surface area contributed by atoms with Crippen molar-refractivity contribution in [2.24, 2.45) is 11.7 Å². The van der Waals surface area contributed by atoms with Crippen molar-refractivity contribution in [1.29, 1.82) is 0 Å². The molecule has 5 heteroatoms. The number of carbonyl (C=O) groups is 1. The minimum absolute atomic E-state index is 0.104. The average molecular weight is 195 g/mol. The molecule has 0 heterocycles. The molecule has 0 aliphatic carbocycles. The van der Waals surface area contributed by atoms with E-state index in [0.717, 1.165) is 0 Å². The quantitative estimate of drug-likeness (QED) is 0.630. The van der Waals surface area contributed by atoms with Crippen LogP contribution in [0.2, 0.25) is 0 Å². The zero-order chi connectivity index (χ0) is 10.6. The summed E-state index contributed by atoms with van der Waals surface area (Å²) in [6.07, 6.45) is -2.41. The Kier molecular flexibility index (Phi) is 4.43. The Hall–Kier alpha value is -0.550. The van der Waals surface area contributed by atoms with Crippen molar-refractivity contribution in [2.75, 3.05) is 0 Å². The molecule has 0 unspecified atom stereocenters. The van der Waals surface area contributed by atoms with E-state index in [-0.39, 0.29) is 12.3 Å². The molecule has 0 aliphatic heterocycles. The van der Waals surface area contributed by atoms with Gasteiger partial charge in [-0.1, -0.05) is 13.8 Å². The van der Waals surface area contributed by atoms with Crippen LogP contribution in [0.1, 0.15) is 20.3 Å². The van der Waals surface area contributed by atoms with E-state index in [9.17, 15) is 13.6 Å². The lowest BCUT2D eigenvalue weighted by Crippen LogP contribution is -2.48. The number of hydrogen-bond donors (Lipinski definition) is 2. The normalized spacial score (nSPS) is 17.2. The lowest BCUT2D eigenvalue weighted by atomic mass is 9.97. The van der Waals surface area contributed by atoms with Crippen LogP contribution in [-0.4, -0.2) is 29.5 Å². The molecule has 0 rings (SSSR count). The van der Waals surface area contributed by atoms with Gasteiger partial charge in [-0.05, 0) is 12.3 Å². The SMILES string of the molecule is CC(C)C[C@H](N)[C@H](O)C(F)(F)C=O. The molecule has 0 spiro atoms. The Balaban J connectivity index is 4.24. The highest BCUT2D eigenvalue weighted by Crippen LogP contribution is 2.20. The summed E-state index contributed by atoms with van der Waals surface area (Å²) in [7, 11) is 0. The molecule has 0 saturated carbocycles. The Labute approximate surface area is 75.9 Å². The fourth-order valence-corrected chi connectivity index (χ4v) is 1.03. The monoisotopic (exact) mass is 195 g/mol. The van der Waals surface area contributed by atoms with Gasteiger partial charge < -0.3 is 10.8 Å². The molecule has 0 aromatic rings. The second-order valence-electron chi connectivity index (χ2n) is 3.53. The fraction of sp³-hybridized carbons (Fsp3) is 0.875. The maximum atomic E-state index is 12.5. The van der Waals surface area contributed by atoms with E-state index >= 15 is 0 Å². The van der Waals surface area contributed by atoms with Gasteiger partial charge in [0.05, 0.1) is 0 Å². The molecule has 0 bridgehead atoms. The minimum atomic E-state index is -3.74. The lowest BCUT2D eigenvalue weighted by Gasteiger charge is -2.24. The maximum absolute atomic E-state index is 12.5. The third-order valence-corrected chi connectivity index (χ3v) is 1.70. The van der Waals surface area contributed by atoms with Gasteiger partial charge in [-0.3, -0.25) is 4.79 Å². The number of aldehydes is 1. The van der Waals surface area contributed by atoms with Gasteiger partial charge >= 0.3 is 5.92 Å². The molecule has 0 aromatic carbocycles. The van der Waals surface area contributed by atoms with Crippen LogP contribution < -0.4 is 5.73 Å². The van der Waals surface area contributed by atoms with Gasteiger partial charge in [0.2, 0.25) is 0 Å². The van der Waals surface area contributed by atoms with Gasteiger partial charge in [0.15, 0.2) is 6.29 Å². The summed E-state index contributed by atoms with van der Waals surface area (Å²) in [6, 6.07) is -1.07. The number of nitrogens with two attached hydrogens (primary N) is 1. The van der Waals surface area contributed by atoms with Crippen molar-refractivity contribution in [1.82, 2.24) is 0 Å². The second-order valence-corrected chi connectivity index (χ2v) is 3.53. The zero-order valence-electron chi connectivity index (χ0n) is 7.71. The van der Waals surface area contributed by atoms with E-state index in [0.29, 0.717) is 0 Å². The predicted molar refractivity (Wildman–Crippen MR) is 44.4 cm³/mol. The molecule has 0 fully saturated rings. The molecule has 0 radical (unpaired) electrons. The Bertz CT molecular complexity index is 174. The fourth-order valence-electron chi connectivity index (χ4n) is 1.03. The summed E-state index contributed by atoms with van der Waals surface area (Å²) in [6.45, 7) is 3.59. The first-order valence-corrected chi connectivity index (χ1v) is 4.09. The molecule has 0 amide bonds. The molecular formula is C8H15F2NO2. The molecule has 2 atom stereocenters. The van der Waals surface area contributed by atoms with E-state index in [1.807, 2.05) is 0 Å². The minimum Gasteiger partial charge on any atom is -0.385 e. The van der Waals surface area contributed by atoms with Crippen LogP contribution in [-0.2, 0) is 4.79 Å². The number of carbonyl (C=O) groups excluding carboxylic acids is 1. The first-order chi connectivity index (χ1) is 5.81. The second kappa shape index (κ2) is 4.62. The molecule has 3 nitrogen and oxygen atoms in total. The Morgan fingerprint density at radius 1 is 1.54 bits per heavy atom. The predicted octanol–water partition coefficient (Wildman–Crippen LogP) is 0.555. The molecule has 13 heavy (non-hydrogen) atoms. The van der Waals surface area contributed by atoms with Gasteiger partial charge in [0.1, 0.15) is 6.10 Å². The summed E-state index contributed by atoms with van der Waals surface area (Å²) in [5, 5.41) is 8.99. The lowest BCUT2D eigenvalue weighted by molar-refractivity contribution is -0.149. The first kappa shape index (κ1) is 12.4. The van der Waals surface area contributed by atoms with Gasteiger partial charge in [-0.25, -0.2) is 0 Å². The number of halogens is 2. The molecular weight excluding hydrogens is 180 g/mol. The number of aliphatic hydroxyl groups is 1. The van der Waals surface area contributed by atoms with Crippen molar-refractivity contribution in [3.63, 3.8) is 0 Å². The summed E-state index contributed by atoms with van der Waals surface area (Å²) in [5.74, 6) is -3.64. The Morgan fingerprint density at radius 2 is 2.00 bits per heavy atom. The van der Waals surface area contributed by atoms with E-state index in [4.69, 9.17) is 10.8 Å². The standard InChI is InChI=1S/C8H15F2NO2/c1-5(2)3-6(11)7(13)8(9,10)4-12/h4-7,13H,3,11H2,1-2H3/t6-,7-/m0/s1. The van der Waals surface area contributed by atoms with Crippen LogP contribution in [0.15, 0.2) is 0 Å². The third kappa shape index (κ3) is 3.78. The summed E-state index contributed by atoms with van der Waals surface area (Å²) >= 11 is 0. The maximum Gasteiger partial charge on any atom is 0.329 e. The smallest absolute Gasteiger partial charge is 0.329 e. The molecule has 0 aromatic heterocycles. The van der Waals surface area contributed by atoms with Crippen molar-refractivity contribution >= 4 is 6.29 Å². The highest BCUT2D eigenvalue weighted by atomic mass is 19.3. The molecule has 0 saturated heterocycles. The van der Waals surface area contributed by atoms with Crippen LogP contribution in [0.25, 0.3) is 0 Å². The van der Waals surface area contributed by atoms with Gasteiger partial charge in [0, 0.05) is 6.04 Å². The molecule has 3 N–H and O–H groups in total. The zero-order valence-corrected chi connectivity index (χ0v) is 7.71. The van der Waals surface area contributed by atoms with Crippen LogP contribution in [0.5, 0.6) is 0 Å². The van der Waals surface area contributed by atoms with Gasteiger partial charge in [-0.2, -0.15) is 8.78 Å². The van der Waals surface area contributed by atoms with E-state index in [1.54, 1.807) is 13.8 Å². The molecule has 0 aliphatic rings. The van der Waals surface area contributed by atoms with Crippen molar-refractivity contribution in [2.45, 2.75) is 38.3 Å². The van der Waals surface area contributed by atoms with Gasteiger partial charge in [-0.15, -0.1) is 0 Å². The van der Waals surface area contributed by atoms with E-state index in [2.05, 4.69) is 0 Å². The van der Waals surface area contributed by atoms with Crippen LogP contribution in [0.3, 0.4) is 0 Å². The first-order valence-electron chi connectivity index (χ1n) is 4.09. The van der Waals surface area contributed by atoms with Crippen molar-refractivity contribution in [3.05, 3.63) is 0 Å². The summed E-state index contributed by atoms with van der Waals surface area (Å²) in [4.78, 5) is 9.89. The van der Waals surface area contributed by atoms with Crippen LogP contribution in [0.4, 0.5) is 8.78 Å². The van der Waals surface area contributed by atoms with Crippen molar-refractivity contribution < 1.29 is 18.7 Å². The van der Waals surface area contributed by atoms with E-state index < -0.39 is 24.4 Å². The summed E-state index contributed by atoms with van der Waals surface area (Å²) in [5.41, 5.74) is 5.29. The van der Waals surface area contributed by atoms with Crippen LogP contribution in [0, 0.1) is 5.92 Å². The van der Waals surface area contributed by atoms with E-state index in [1.165, 1.54) is 0 Å². The number of alkyl halides is 2. The highest BCUT2D eigenvalue weighted by Gasteiger charge is 2.41. The third-order valence-electron chi connectivity index (χ3n) is 1.70. The topological polar surface area (TPSA) is 63.3 Å². The number of aliphatic hydroxyl groups excluding tert-OH is 1. The highest BCUT2D eigenvalue weighted by molar-refractivity contribution is 5.60. The average Bonchev–Trinajstić information content (AvgIpc) is 2.01. The Morgan fingerprint density at radius 3 is 2.31 bits per heavy atom. The van der Waals surface area contributed by atoms with Crippen LogP contribution >= 0.6 is 0 Å².